The monoisotopic (exact) mass is 287 g/mol. The van der Waals surface area contributed by atoms with Gasteiger partial charge >= 0.3 is 12.0 Å². The molecule has 3 amide bonds. The van der Waals surface area contributed by atoms with Crippen LogP contribution in [0.15, 0.2) is 0 Å². The number of nitrogens with two attached hydrogens (primary N) is 1. The summed E-state index contributed by atoms with van der Waals surface area (Å²) in [6.45, 7) is 6.26. The number of aliphatic carboxylic acids is 1. The first-order chi connectivity index (χ1) is 9.11. The minimum absolute atomic E-state index is 0.0776. The highest BCUT2D eigenvalue weighted by atomic mass is 16.4. The Morgan fingerprint density at radius 1 is 1.20 bits per heavy atom. The summed E-state index contributed by atoms with van der Waals surface area (Å²) in [6.07, 6.45) is 1.15. The number of carbonyl (C=O) groups excluding carboxylic acids is 2. The molecule has 20 heavy (non-hydrogen) atoms. The van der Waals surface area contributed by atoms with Gasteiger partial charge in [-0.2, -0.15) is 0 Å². The lowest BCUT2D eigenvalue weighted by Gasteiger charge is -2.23. The Morgan fingerprint density at radius 3 is 2.25 bits per heavy atom. The maximum absolute atomic E-state index is 11.4. The fourth-order valence-electron chi connectivity index (χ4n) is 1.73. The van der Waals surface area contributed by atoms with Crippen LogP contribution in [0.4, 0.5) is 4.79 Å². The number of nitrogens with one attached hydrogen (secondary N) is 2. The van der Waals surface area contributed by atoms with Gasteiger partial charge in [-0.3, -0.25) is 9.59 Å². The first-order valence-electron chi connectivity index (χ1n) is 6.64. The van der Waals surface area contributed by atoms with E-state index in [4.69, 9.17) is 10.8 Å². The van der Waals surface area contributed by atoms with E-state index < -0.39 is 23.8 Å². The standard InChI is InChI=1S/C13H25N3O4/c1-13(2,3)7-9(11(18)19)8-16-12(20)15-6-4-5-10(14)17/h9H,4-8H2,1-3H3,(H2,14,17)(H,18,19)(H2,15,16,20). The molecule has 1 atom stereocenters. The third kappa shape index (κ3) is 10.2. The van der Waals surface area contributed by atoms with Crippen molar-refractivity contribution in [2.45, 2.75) is 40.0 Å². The predicted molar refractivity (Wildman–Crippen MR) is 75.0 cm³/mol. The third-order valence-electron chi connectivity index (χ3n) is 2.60. The fraction of sp³-hybridized carbons (Fsp3) is 0.769. The summed E-state index contributed by atoms with van der Waals surface area (Å²) in [5, 5.41) is 14.2. The number of carboxylic acids is 1. The molecular weight excluding hydrogens is 262 g/mol. The lowest BCUT2D eigenvalue weighted by Crippen LogP contribution is -2.41. The van der Waals surface area contributed by atoms with Crippen molar-refractivity contribution in [2.24, 2.45) is 17.1 Å². The smallest absolute Gasteiger partial charge is 0.314 e. The zero-order valence-electron chi connectivity index (χ0n) is 12.4. The maximum atomic E-state index is 11.4. The van der Waals surface area contributed by atoms with Gasteiger partial charge in [-0.25, -0.2) is 4.79 Å². The molecule has 0 aromatic rings. The Morgan fingerprint density at radius 2 is 1.80 bits per heavy atom. The average Bonchev–Trinajstić information content (AvgIpc) is 2.28. The molecule has 0 saturated heterocycles. The second-order valence-electron chi connectivity index (χ2n) is 6.01. The molecule has 0 aromatic carbocycles. The molecule has 0 saturated carbocycles. The second kappa shape index (κ2) is 8.39. The van der Waals surface area contributed by atoms with Crippen LogP contribution in [0, 0.1) is 11.3 Å². The van der Waals surface area contributed by atoms with Crippen LogP contribution in [0.5, 0.6) is 0 Å². The van der Waals surface area contributed by atoms with Crippen LogP contribution >= 0.6 is 0 Å². The lowest BCUT2D eigenvalue weighted by atomic mass is 9.84. The number of hydrogen-bond acceptors (Lipinski definition) is 3. The van der Waals surface area contributed by atoms with E-state index in [0.29, 0.717) is 19.4 Å². The Labute approximate surface area is 119 Å². The van der Waals surface area contributed by atoms with E-state index in [1.54, 1.807) is 0 Å². The molecule has 0 radical (unpaired) electrons. The van der Waals surface area contributed by atoms with Gasteiger partial charge in [0.1, 0.15) is 0 Å². The first kappa shape index (κ1) is 18.2. The number of carboxylic acid groups (broad SMARTS) is 1. The number of amides is 3. The van der Waals surface area contributed by atoms with Crippen molar-refractivity contribution in [1.82, 2.24) is 10.6 Å². The van der Waals surface area contributed by atoms with Crippen LogP contribution in [0.25, 0.3) is 0 Å². The van der Waals surface area contributed by atoms with Crippen LogP contribution in [-0.2, 0) is 9.59 Å². The van der Waals surface area contributed by atoms with Gasteiger partial charge in [0, 0.05) is 19.5 Å². The summed E-state index contributed by atoms with van der Waals surface area (Å²) in [5.74, 6) is -1.95. The molecule has 7 nitrogen and oxygen atoms in total. The summed E-state index contributed by atoms with van der Waals surface area (Å²) in [6, 6.07) is -0.436. The van der Waals surface area contributed by atoms with E-state index in [9.17, 15) is 14.4 Å². The second-order valence-corrected chi connectivity index (χ2v) is 6.01. The summed E-state index contributed by atoms with van der Waals surface area (Å²) in [7, 11) is 0. The van der Waals surface area contributed by atoms with E-state index in [1.165, 1.54) is 0 Å². The number of hydrogen-bond donors (Lipinski definition) is 4. The van der Waals surface area contributed by atoms with Crippen LogP contribution in [0.3, 0.4) is 0 Å². The summed E-state index contributed by atoms with van der Waals surface area (Å²) in [4.78, 5) is 33.0. The van der Waals surface area contributed by atoms with Gasteiger partial charge in [-0.15, -0.1) is 0 Å². The number of carbonyl (C=O) groups is 3. The van der Waals surface area contributed by atoms with Gasteiger partial charge in [0.25, 0.3) is 0 Å². The fourth-order valence-corrected chi connectivity index (χ4v) is 1.73. The molecule has 7 heteroatoms. The minimum atomic E-state index is -0.922. The Bertz CT molecular complexity index is 350. The first-order valence-corrected chi connectivity index (χ1v) is 6.64. The molecule has 0 rings (SSSR count). The molecular formula is C13H25N3O4. The van der Waals surface area contributed by atoms with Crippen molar-refractivity contribution in [1.29, 1.82) is 0 Å². The van der Waals surface area contributed by atoms with Crippen molar-refractivity contribution >= 4 is 17.9 Å². The van der Waals surface area contributed by atoms with Crippen LogP contribution in [0.2, 0.25) is 0 Å². The number of primary amides is 1. The quantitative estimate of drug-likeness (QED) is 0.490. The summed E-state index contributed by atoms with van der Waals surface area (Å²) in [5.41, 5.74) is 4.84. The van der Waals surface area contributed by atoms with Crippen molar-refractivity contribution in [3.63, 3.8) is 0 Å². The van der Waals surface area contributed by atoms with Gasteiger partial charge in [-0.05, 0) is 18.3 Å². The van der Waals surface area contributed by atoms with Crippen LogP contribution in [0.1, 0.15) is 40.0 Å². The minimum Gasteiger partial charge on any atom is -0.481 e. The summed E-state index contributed by atoms with van der Waals surface area (Å²) >= 11 is 0. The van der Waals surface area contributed by atoms with E-state index in [2.05, 4.69) is 10.6 Å². The highest BCUT2D eigenvalue weighted by molar-refractivity contribution is 5.76. The maximum Gasteiger partial charge on any atom is 0.314 e. The van der Waals surface area contributed by atoms with Gasteiger partial charge < -0.3 is 21.5 Å². The van der Waals surface area contributed by atoms with Crippen molar-refractivity contribution in [3.8, 4) is 0 Å². The molecule has 116 valence electrons. The molecule has 0 aliphatic rings. The zero-order chi connectivity index (χ0) is 15.8. The predicted octanol–water partition coefficient (Wildman–Crippen LogP) is 0.688. The highest BCUT2D eigenvalue weighted by Gasteiger charge is 2.24. The van der Waals surface area contributed by atoms with Gasteiger partial charge in [0.15, 0.2) is 0 Å². The van der Waals surface area contributed by atoms with Gasteiger partial charge in [0.2, 0.25) is 5.91 Å². The zero-order valence-corrected chi connectivity index (χ0v) is 12.4. The van der Waals surface area contributed by atoms with Gasteiger partial charge in [0.05, 0.1) is 5.92 Å². The van der Waals surface area contributed by atoms with E-state index in [1.807, 2.05) is 20.8 Å². The topological polar surface area (TPSA) is 122 Å². The molecule has 0 heterocycles. The van der Waals surface area contributed by atoms with E-state index >= 15 is 0 Å². The lowest BCUT2D eigenvalue weighted by molar-refractivity contribution is -0.142. The molecule has 0 aliphatic carbocycles. The number of rotatable bonds is 8. The molecule has 0 aromatic heterocycles. The van der Waals surface area contributed by atoms with Gasteiger partial charge in [-0.1, -0.05) is 20.8 Å². The normalized spacial score (nSPS) is 12.6. The Kier molecular flexibility index (Phi) is 7.64. The molecule has 0 fully saturated rings. The molecule has 5 N–H and O–H groups in total. The van der Waals surface area contributed by atoms with Crippen molar-refractivity contribution < 1.29 is 19.5 Å². The van der Waals surface area contributed by atoms with Crippen LogP contribution in [-0.4, -0.2) is 36.1 Å². The summed E-state index contributed by atoms with van der Waals surface area (Å²) < 4.78 is 0. The van der Waals surface area contributed by atoms with Crippen molar-refractivity contribution in [3.05, 3.63) is 0 Å². The molecule has 0 bridgehead atoms. The Balaban J connectivity index is 4.00. The largest absolute Gasteiger partial charge is 0.481 e. The average molecular weight is 287 g/mol. The van der Waals surface area contributed by atoms with Crippen LogP contribution < -0.4 is 16.4 Å². The number of urea groups is 1. The molecule has 0 aliphatic heterocycles. The SMILES string of the molecule is CC(C)(C)CC(CNC(=O)NCCCC(N)=O)C(=O)O. The molecule has 1 unspecified atom stereocenters. The Hall–Kier alpha value is -1.79. The highest BCUT2D eigenvalue weighted by Crippen LogP contribution is 2.24. The van der Waals surface area contributed by atoms with Crippen molar-refractivity contribution in [2.75, 3.05) is 13.1 Å². The molecule has 0 spiro atoms. The third-order valence-corrected chi connectivity index (χ3v) is 2.60. The van der Waals surface area contributed by atoms with E-state index in [-0.39, 0.29) is 18.4 Å². The van der Waals surface area contributed by atoms with E-state index in [0.717, 1.165) is 0 Å².